The topological polar surface area (TPSA) is 153 Å². The molecule has 2 aliphatic rings. The zero-order chi connectivity index (χ0) is 37.3. The number of piperidine rings is 1. The molecular formula is C40H47N5O7S. The minimum atomic E-state index is -1.37. The van der Waals surface area contributed by atoms with Crippen LogP contribution in [-0.2, 0) is 33.5 Å². The van der Waals surface area contributed by atoms with E-state index < -0.39 is 23.2 Å². The van der Waals surface area contributed by atoms with Crippen LogP contribution in [0.2, 0.25) is 0 Å². The molecule has 6 rings (SSSR count). The number of aromatic hydroxyl groups is 1. The van der Waals surface area contributed by atoms with Gasteiger partial charge in [0, 0.05) is 69.1 Å². The highest BCUT2D eigenvalue weighted by Crippen LogP contribution is 2.35. The summed E-state index contributed by atoms with van der Waals surface area (Å²) in [5.41, 5.74) is 6.36. The SMILES string of the molecule is COc1cc2c(cc1CNCC(O)c1ccc(O)c(NS(C)=O)c1)CCN2C(=O)CCN1CCC(OC(=O)Nc2ccccc2-c2ccccc2)CC1. The first-order chi connectivity index (χ1) is 25.7. The van der Waals surface area contributed by atoms with Crippen LogP contribution < -0.4 is 25.0 Å². The van der Waals surface area contributed by atoms with Crippen molar-refractivity contribution in [2.45, 2.75) is 44.4 Å². The van der Waals surface area contributed by atoms with Crippen molar-refractivity contribution in [3.63, 3.8) is 0 Å². The van der Waals surface area contributed by atoms with Crippen LogP contribution >= 0.6 is 0 Å². The summed E-state index contributed by atoms with van der Waals surface area (Å²) in [6.45, 7) is 3.39. The Morgan fingerprint density at radius 1 is 0.962 bits per heavy atom. The van der Waals surface area contributed by atoms with Gasteiger partial charge in [-0.2, -0.15) is 0 Å². The number of carbonyl (C=O) groups excluding carboxylic acids is 2. The van der Waals surface area contributed by atoms with Gasteiger partial charge in [-0.25, -0.2) is 9.00 Å². The lowest BCUT2D eigenvalue weighted by Crippen LogP contribution is -2.40. The Morgan fingerprint density at radius 3 is 2.47 bits per heavy atom. The van der Waals surface area contributed by atoms with Crippen LogP contribution in [0.1, 0.15) is 42.1 Å². The smallest absolute Gasteiger partial charge is 0.411 e. The lowest BCUT2D eigenvalue weighted by molar-refractivity contribution is -0.118. The summed E-state index contributed by atoms with van der Waals surface area (Å²) in [6.07, 6.45) is 2.48. The van der Waals surface area contributed by atoms with Crippen molar-refractivity contribution in [1.29, 1.82) is 0 Å². The molecule has 4 aromatic carbocycles. The van der Waals surface area contributed by atoms with Crippen molar-refractivity contribution in [2.24, 2.45) is 0 Å². The molecule has 53 heavy (non-hydrogen) atoms. The molecule has 280 valence electrons. The predicted octanol–water partition coefficient (Wildman–Crippen LogP) is 5.59. The second-order valence-electron chi connectivity index (χ2n) is 13.3. The van der Waals surface area contributed by atoms with Crippen LogP contribution in [-0.4, -0.2) is 83.5 Å². The summed E-state index contributed by atoms with van der Waals surface area (Å²) in [4.78, 5) is 30.3. The van der Waals surface area contributed by atoms with Gasteiger partial charge >= 0.3 is 6.09 Å². The number of aliphatic hydroxyl groups is 1. The lowest BCUT2D eigenvalue weighted by atomic mass is 10.0. The number of nitrogens with one attached hydrogen (secondary N) is 3. The van der Waals surface area contributed by atoms with Gasteiger partial charge in [0.1, 0.15) is 28.6 Å². The van der Waals surface area contributed by atoms with Crippen LogP contribution in [0.4, 0.5) is 21.9 Å². The van der Waals surface area contributed by atoms with Gasteiger partial charge in [-0.1, -0.05) is 54.6 Å². The summed E-state index contributed by atoms with van der Waals surface area (Å²) in [5, 5.41) is 27.0. The molecule has 0 bridgehead atoms. The van der Waals surface area contributed by atoms with Gasteiger partial charge in [0.15, 0.2) is 0 Å². The Balaban J connectivity index is 0.954. The van der Waals surface area contributed by atoms with E-state index in [2.05, 4.69) is 26.3 Å². The molecule has 2 heterocycles. The lowest BCUT2D eigenvalue weighted by Gasteiger charge is -2.31. The van der Waals surface area contributed by atoms with Crippen LogP contribution in [0.25, 0.3) is 11.1 Å². The number of ether oxygens (including phenoxy) is 2. The van der Waals surface area contributed by atoms with E-state index in [4.69, 9.17) is 9.47 Å². The minimum absolute atomic E-state index is 0.0464. The molecule has 2 unspecified atom stereocenters. The number of rotatable bonds is 14. The summed E-state index contributed by atoms with van der Waals surface area (Å²) in [5.74, 6) is 0.667. The number of nitrogens with zero attached hydrogens (tertiary/aromatic N) is 2. The van der Waals surface area contributed by atoms with Gasteiger partial charge in [-0.05, 0) is 60.2 Å². The number of amides is 2. The molecule has 2 amide bonds. The largest absolute Gasteiger partial charge is 0.506 e. The number of anilines is 3. The fourth-order valence-electron chi connectivity index (χ4n) is 6.91. The number of aliphatic hydroxyl groups excluding tert-OH is 1. The quantitative estimate of drug-likeness (QED) is 0.104. The number of para-hydroxylation sites is 1. The number of hydrogen-bond acceptors (Lipinski definition) is 9. The minimum Gasteiger partial charge on any atom is -0.506 e. The highest BCUT2D eigenvalue weighted by molar-refractivity contribution is 7.85. The number of benzene rings is 4. The highest BCUT2D eigenvalue weighted by atomic mass is 32.2. The number of phenolic OH excluding ortho intramolecular Hbond substituents is 1. The molecule has 0 saturated carbocycles. The Morgan fingerprint density at radius 2 is 1.72 bits per heavy atom. The van der Waals surface area contributed by atoms with E-state index in [1.165, 1.54) is 12.3 Å². The summed E-state index contributed by atoms with van der Waals surface area (Å²) in [7, 11) is 0.234. The summed E-state index contributed by atoms with van der Waals surface area (Å²) >= 11 is 0. The zero-order valence-electron chi connectivity index (χ0n) is 30.0. The molecule has 0 radical (unpaired) electrons. The fourth-order valence-corrected chi connectivity index (χ4v) is 7.38. The maximum atomic E-state index is 13.4. The third-order valence-electron chi connectivity index (χ3n) is 9.69. The Hall–Kier alpha value is -4.95. The zero-order valence-corrected chi connectivity index (χ0v) is 30.9. The van der Waals surface area contributed by atoms with E-state index in [1.54, 1.807) is 19.2 Å². The fraction of sp³-hybridized carbons (Fsp3) is 0.350. The Kier molecular flexibility index (Phi) is 12.6. The number of fused-ring (bicyclic) bond motifs is 1. The molecule has 2 aliphatic heterocycles. The van der Waals surface area contributed by atoms with Crippen molar-refractivity contribution < 1.29 is 33.5 Å². The third kappa shape index (κ3) is 9.73. The van der Waals surface area contributed by atoms with Gasteiger partial charge in [0.05, 0.1) is 30.3 Å². The van der Waals surface area contributed by atoms with Crippen LogP contribution in [0.15, 0.2) is 84.9 Å². The van der Waals surface area contributed by atoms with E-state index in [9.17, 15) is 24.0 Å². The number of methoxy groups -OCH3 is 1. The molecule has 0 aliphatic carbocycles. The molecule has 1 saturated heterocycles. The van der Waals surface area contributed by atoms with Gasteiger partial charge in [0.25, 0.3) is 0 Å². The van der Waals surface area contributed by atoms with E-state index >= 15 is 0 Å². The molecule has 0 spiro atoms. The average molecular weight is 742 g/mol. The van der Waals surface area contributed by atoms with Gasteiger partial charge in [0.2, 0.25) is 5.91 Å². The standard InChI is InChI=1S/C40H47N5O7S/c1-51-38-24-35-28(22-30(38)25-41-26-37(47)29-12-13-36(46)34(23-29)43-53(2)50)14-21-45(35)39(48)17-20-44-18-15-31(16-19-44)52-40(49)42-33-11-7-6-10-32(33)27-8-4-3-5-9-27/h3-13,22-24,31,37,41,43,46-47H,14-21,25-26H2,1-2H3,(H,42,49). The molecule has 1 fully saturated rings. The molecule has 2 atom stereocenters. The number of hydrogen-bond donors (Lipinski definition) is 5. The van der Waals surface area contributed by atoms with Crippen molar-refractivity contribution in [3.8, 4) is 22.6 Å². The normalized spacial score (nSPS) is 15.7. The monoisotopic (exact) mass is 741 g/mol. The highest BCUT2D eigenvalue weighted by Gasteiger charge is 2.28. The maximum absolute atomic E-state index is 13.4. The van der Waals surface area contributed by atoms with E-state index in [1.807, 2.05) is 65.6 Å². The maximum Gasteiger partial charge on any atom is 0.411 e. The first-order valence-electron chi connectivity index (χ1n) is 17.8. The summed E-state index contributed by atoms with van der Waals surface area (Å²) < 4.78 is 25.7. The molecule has 13 heteroatoms. The predicted molar refractivity (Wildman–Crippen MR) is 208 cm³/mol. The first kappa shape index (κ1) is 37.8. The second-order valence-corrected chi connectivity index (χ2v) is 14.4. The van der Waals surface area contributed by atoms with Crippen molar-refractivity contribution >= 4 is 40.0 Å². The second kappa shape index (κ2) is 17.7. The van der Waals surface area contributed by atoms with Crippen LogP contribution in [0.3, 0.4) is 0 Å². The number of likely N-dealkylation sites (tertiary alicyclic amines) is 1. The number of phenols is 1. The average Bonchev–Trinajstić information content (AvgIpc) is 3.58. The molecule has 0 aromatic heterocycles. The molecule has 4 aromatic rings. The molecular weight excluding hydrogens is 695 g/mol. The van der Waals surface area contributed by atoms with E-state index in [-0.39, 0.29) is 24.3 Å². The first-order valence-corrected chi connectivity index (χ1v) is 19.4. The summed E-state index contributed by atoms with van der Waals surface area (Å²) in [6, 6.07) is 26.2. The van der Waals surface area contributed by atoms with Gasteiger partial charge in [-0.15, -0.1) is 0 Å². The van der Waals surface area contributed by atoms with Crippen LogP contribution in [0.5, 0.6) is 11.5 Å². The van der Waals surface area contributed by atoms with Crippen molar-refractivity contribution in [3.05, 3.63) is 102 Å². The number of carbonyl (C=O) groups is 2. The van der Waals surface area contributed by atoms with Crippen LogP contribution in [0, 0.1) is 0 Å². The molecule has 12 nitrogen and oxygen atoms in total. The third-order valence-corrected chi connectivity index (χ3v) is 10.2. The van der Waals surface area contributed by atoms with Crippen molar-refractivity contribution in [2.75, 3.05) is 61.0 Å². The van der Waals surface area contributed by atoms with Gasteiger partial charge < -0.3 is 39.5 Å². The molecule has 5 N–H and O–H groups in total. The van der Waals surface area contributed by atoms with E-state index in [0.717, 1.165) is 47.5 Å². The van der Waals surface area contributed by atoms with Crippen molar-refractivity contribution in [1.82, 2.24) is 10.2 Å². The van der Waals surface area contributed by atoms with E-state index in [0.29, 0.717) is 61.6 Å². The Labute approximate surface area is 312 Å². The van der Waals surface area contributed by atoms with Gasteiger partial charge in [-0.3, -0.25) is 10.1 Å². The Bertz CT molecular complexity index is 1920.